The number of aromatic nitrogens is 3. The molecule has 2 aromatic heterocycles. The fraction of sp³-hybridized carbons (Fsp3) is 0.583. The average Bonchev–Trinajstić information content (AvgIpc) is 3.25. The van der Waals surface area contributed by atoms with E-state index in [4.69, 9.17) is 4.74 Å². The third kappa shape index (κ3) is 4.19. The van der Waals surface area contributed by atoms with Gasteiger partial charge in [0.25, 0.3) is 0 Å². The second-order valence-corrected chi connectivity index (χ2v) is 9.66. The summed E-state index contributed by atoms with van der Waals surface area (Å²) in [6, 6.07) is 1.83. The van der Waals surface area contributed by atoms with E-state index in [1.54, 1.807) is 23.5 Å². The lowest BCUT2D eigenvalue weighted by molar-refractivity contribution is -0.0406. The Bertz CT molecular complexity index is 1010. The minimum Gasteiger partial charge on any atom is -0.450 e. The van der Waals surface area contributed by atoms with E-state index in [0.717, 1.165) is 51.6 Å². The summed E-state index contributed by atoms with van der Waals surface area (Å²) in [4.78, 5) is 28.8. The van der Waals surface area contributed by atoms with Crippen LogP contribution in [0.2, 0.25) is 0 Å². The number of halogens is 1. The number of likely N-dealkylation sites (tertiary alicyclic amines) is 2. The van der Waals surface area contributed by atoms with Gasteiger partial charge in [0.15, 0.2) is 0 Å². The first-order valence-corrected chi connectivity index (χ1v) is 11.7. The highest BCUT2D eigenvalue weighted by Crippen LogP contribution is 2.48. The predicted molar refractivity (Wildman–Crippen MR) is 119 cm³/mol. The van der Waals surface area contributed by atoms with Crippen molar-refractivity contribution in [1.29, 1.82) is 0 Å². The van der Waals surface area contributed by atoms with Crippen LogP contribution < -0.4 is 0 Å². The van der Waals surface area contributed by atoms with Crippen molar-refractivity contribution in [2.45, 2.75) is 50.7 Å². The monoisotopic (exact) mass is 455 g/mol. The second-order valence-electron chi connectivity index (χ2n) is 9.66. The Morgan fingerprint density at radius 3 is 2.70 bits per heavy atom. The molecule has 1 saturated carbocycles. The Labute approximate surface area is 192 Å². The lowest BCUT2D eigenvalue weighted by Crippen LogP contribution is -2.58. The zero-order valence-electron chi connectivity index (χ0n) is 18.9. The molecule has 176 valence electrons. The number of aliphatic hydroxyl groups is 1. The Balaban J connectivity index is 1.24. The van der Waals surface area contributed by atoms with Crippen LogP contribution in [0.4, 0.5) is 9.18 Å². The summed E-state index contributed by atoms with van der Waals surface area (Å²) in [5.74, 6) is -0.470. The van der Waals surface area contributed by atoms with Gasteiger partial charge >= 0.3 is 6.09 Å². The molecule has 3 aliphatic rings. The molecule has 4 heterocycles. The maximum absolute atomic E-state index is 14.1. The Morgan fingerprint density at radius 2 is 2.00 bits per heavy atom. The number of amides is 1. The lowest BCUT2D eigenvalue weighted by atomic mass is 9.78. The van der Waals surface area contributed by atoms with Crippen molar-refractivity contribution >= 4 is 6.09 Å². The average molecular weight is 456 g/mol. The highest BCUT2D eigenvalue weighted by Gasteiger charge is 2.51. The summed E-state index contributed by atoms with van der Waals surface area (Å²) in [6.45, 7) is 5.24. The van der Waals surface area contributed by atoms with Crippen LogP contribution in [-0.4, -0.2) is 74.8 Å². The van der Waals surface area contributed by atoms with Crippen LogP contribution in [0.3, 0.4) is 0 Å². The quantitative estimate of drug-likeness (QED) is 0.758. The summed E-state index contributed by atoms with van der Waals surface area (Å²) >= 11 is 0. The summed E-state index contributed by atoms with van der Waals surface area (Å²) in [7, 11) is 0. The van der Waals surface area contributed by atoms with Crippen molar-refractivity contribution in [1.82, 2.24) is 24.8 Å². The van der Waals surface area contributed by atoms with Crippen molar-refractivity contribution in [2.75, 3.05) is 32.8 Å². The molecule has 2 saturated heterocycles. The summed E-state index contributed by atoms with van der Waals surface area (Å²) in [5, 5.41) is 11.5. The Hall–Kier alpha value is -2.65. The van der Waals surface area contributed by atoms with Gasteiger partial charge in [0.05, 0.1) is 30.3 Å². The van der Waals surface area contributed by atoms with E-state index in [9.17, 15) is 14.3 Å². The van der Waals surface area contributed by atoms with Crippen LogP contribution in [0, 0.1) is 11.2 Å². The van der Waals surface area contributed by atoms with Gasteiger partial charge in [-0.3, -0.25) is 15.0 Å². The molecule has 0 radical (unpaired) electrons. The van der Waals surface area contributed by atoms with Crippen LogP contribution in [0.1, 0.15) is 44.6 Å². The second kappa shape index (κ2) is 8.61. The lowest BCUT2D eigenvalue weighted by Gasteiger charge is -2.48. The number of carbonyl (C=O) groups is 1. The van der Waals surface area contributed by atoms with E-state index in [0.29, 0.717) is 42.4 Å². The number of nitrogens with zero attached hydrogens (tertiary/aromatic N) is 5. The van der Waals surface area contributed by atoms with Crippen LogP contribution in [0.5, 0.6) is 0 Å². The molecule has 1 spiro atoms. The molecule has 1 aliphatic carbocycles. The largest absolute Gasteiger partial charge is 0.450 e. The van der Waals surface area contributed by atoms with Crippen molar-refractivity contribution < 1.29 is 19.0 Å². The molecule has 3 fully saturated rings. The first-order chi connectivity index (χ1) is 15.9. The molecule has 0 aromatic carbocycles. The maximum atomic E-state index is 14.1. The molecule has 0 bridgehead atoms. The SMILES string of the molecule is CCOC(=O)N1CC2(CCC(N3CCC(O)(c4cc(F)cnc4-c4cnccn4)CC3)C2)C1. The van der Waals surface area contributed by atoms with Crippen LogP contribution in [-0.2, 0) is 10.3 Å². The molecule has 9 heteroatoms. The molecule has 2 aliphatic heterocycles. The molecular formula is C24H30FN5O3. The molecular weight excluding hydrogens is 425 g/mol. The fourth-order valence-corrected chi connectivity index (χ4v) is 5.83. The summed E-state index contributed by atoms with van der Waals surface area (Å²) < 4.78 is 19.2. The molecule has 33 heavy (non-hydrogen) atoms. The summed E-state index contributed by atoms with van der Waals surface area (Å²) in [6.07, 6.45) is 9.94. The number of pyridine rings is 1. The highest BCUT2D eigenvalue weighted by atomic mass is 19.1. The van der Waals surface area contributed by atoms with Crippen molar-refractivity contribution in [3.8, 4) is 11.4 Å². The van der Waals surface area contributed by atoms with Gasteiger partial charge in [-0.2, -0.15) is 0 Å². The van der Waals surface area contributed by atoms with Gasteiger partial charge in [0.2, 0.25) is 0 Å². The van der Waals surface area contributed by atoms with E-state index < -0.39 is 11.4 Å². The molecule has 8 nitrogen and oxygen atoms in total. The number of carbonyl (C=O) groups excluding carboxylic acids is 1. The van der Waals surface area contributed by atoms with E-state index >= 15 is 0 Å². The van der Waals surface area contributed by atoms with Crippen LogP contribution in [0.15, 0.2) is 30.9 Å². The minimum absolute atomic E-state index is 0.205. The minimum atomic E-state index is -1.16. The zero-order chi connectivity index (χ0) is 23.1. The fourth-order valence-electron chi connectivity index (χ4n) is 5.83. The van der Waals surface area contributed by atoms with Crippen LogP contribution in [0.25, 0.3) is 11.4 Å². The topological polar surface area (TPSA) is 91.7 Å². The smallest absolute Gasteiger partial charge is 0.409 e. The predicted octanol–water partition coefficient (Wildman–Crippen LogP) is 2.97. The Morgan fingerprint density at radius 1 is 1.21 bits per heavy atom. The van der Waals surface area contributed by atoms with Gasteiger partial charge in [-0.1, -0.05) is 0 Å². The van der Waals surface area contributed by atoms with Gasteiger partial charge in [-0.05, 0) is 45.1 Å². The number of piperidine rings is 1. The van der Waals surface area contributed by atoms with Crippen molar-refractivity contribution in [3.05, 3.63) is 42.2 Å². The van der Waals surface area contributed by atoms with Gasteiger partial charge in [0, 0.05) is 55.6 Å². The Kier molecular flexibility index (Phi) is 5.78. The van der Waals surface area contributed by atoms with Crippen LogP contribution >= 0.6 is 0 Å². The summed E-state index contributed by atoms with van der Waals surface area (Å²) in [5.41, 5.74) is 0.531. The molecule has 5 rings (SSSR count). The molecule has 1 amide bonds. The van der Waals surface area contributed by atoms with Crippen molar-refractivity contribution in [2.24, 2.45) is 5.41 Å². The molecule has 2 aromatic rings. The first kappa shape index (κ1) is 22.2. The standard InChI is InChI=1S/C24H30FN5O3/c1-2-33-22(31)30-15-23(16-30)4-3-18(12-23)29-9-5-24(32,6-10-29)19-11-17(25)13-28-21(19)20-14-26-7-8-27-20/h7-8,11,13-14,18,32H,2-6,9-10,12,15-16H2,1H3. The van der Waals surface area contributed by atoms with Crippen molar-refractivity contribution in [3.63, 3.8) is 0 Å². The van der Waals surface area contributed by atoms with Gasteiger partial charge in [0.1, 0.15) is 11.5 Å². The number of rotatable bonds is 4. The van der Waals surface area contributed by atoms with E-state index in [1.807, 2.05) is 6.92 Å². The number of ether oxygens (including phenoxy) is 1. The third-order valence-corrected chi connectivity index (χ3v) is 7.56. The normalized spacial score (nSPS) is 24.0. The van der Waals surface area contributed by atoms with Gasteiger partial charge in [-0.25, -0.2) is 9.18 Å². The maximum Gasteiger partial charge on any atom is 0.409 e. The van der Waals surface area contributed by atoms with Gasteiger partial charge < -0.3 is 19.6 Å². The highest BCUT2D eigenvalue weighted by molar-refractivity contribution is 5.69. The number of hydrogen-bond donors (Lipinski definition) is 1. The molecule has 1 atom stereocenters. The van der Waals surface area contributed by atoms with Gasteiger partial charge in [-0.15, -0.1) is 0 Å². The number of hydrogen-bond acceptors (Lipinski definition) is 7. The third-order valence-electron chi connectivity index (χ3n) is 7.56. The first-order valence-electron chi connectivity index (χ1n) is 11.7. The van der Waals surface area contributed by atoms with E-state index in [1.165, 1.54) is 6.07 Å². The van der Waals surface area contributed by atoms with E-state index in [2.05, 4.69) is 19.9 Å². The van der Waals surface area contributed by atoms with E-state index in [-0.39, 0.29) is 11.5 Å². The molecule has 1 unspecified atom stereocenters. The molecule has 1 N–H and O–H groups in total. The zero-order valence-corrected chi connectivity index (χ0v) is 18.9.